The van der Waals surface area contributed by atoms with E-state index in [2.05, 4.69) is 12.2 Å². The predicted molar refractivity (Wildman–Crippen MR) is 80.4 cm³/mol. The average molecular weight is 311 g/mol. The summed E-state index contributed by atoms with van der Waals surface area (Å²) in [6, 6.07) is 5.99. The molecule has 0 heterocycles. The number of aliphatic hydroxyl groups is 1. The lowest BCUT2D eigenvalue weighted by Crippen LogP contribution is -2.41. The first-order valence-electron chi connectivity index (χ1n) is 6.89. The maximum atomic E-state index is 10.5. The second kappa shape index (κ2) is 5.88. The minimum Gasteiger partial charge on any atom is -0.388 e. The van der Waals surface area contributed by atoms with Gasteiger partial charge < -0.3 is 10.8 Å². The number of nitrogens with two attached hydrogens (primary N) is 1. The van der Waals surface area contributed by atoms with Gasteiger partial charge >= 0.3 is 0 Å². The lowest BCUT2D eigenvalue weighted by Gasteiger charge is -2.27. The van der Waals surface area contributed by atoms with Gasteiger partial charge in [0.05, 0.1) is 10.5 Å². The van der Waals surface area contributed by atoms with Crippen LogP contribution < -0.4 is 5.73 Å². The van der Waals surface area contributed by atoms with Gasteiger partial charge in [0, 0.05) is 12.5 Å². The summed E-state index contributed by atoms with van der Waals surface area (Å²) in [6.45, 7) is 2.26. The van der Waals surface area contributed by atoms with E-state index in [1.54, 1.807) is 12.1 Å². The monoisotopic (exact) mass is 311 g/mol. The number of allylic oxidation sites excluding steroid dienone is 1. The lowest BCUT2D eigenvalue weighted by atomic mass is 9.89. The summed E-state index contributed by atoms with van der Waals surface area (Å²) >= 11 is 0. The molecular weight excluding hydrogens is 290 g/mol. The molecule has 1 aromatic carbocycles. The van der Waals surface area contributed by atoms with Gasteiger partial charge in [0.1, 0.15) is 0 Å². The predicted octanol–water partition coefficient (Wildman–Crippen LogP) is 1.51. The number of benzene rings is 1. The molecule has 2 aliphatic carbocycles. The van der Waals surface area contributed by atoms with Crippen LogP contribution in [0.15, 0.2) is 41.3 Å². The number of hydrogen-bond acceptors (Lipinski definition) is 4. The maximum absolute atomic E-state index is 10.5. The first kappa shape index (κ1) is 16.2. The Balaban J connectivity index is 0.000000154. The van der Waals surface area contributed by atoms with Crippen molar-refractivity contribution in [1.29, 1.82) is 0 Å². The molecule has 21 heavy (non-hydrogen) atoms. The van der Waals surface area contributed by atoms with E-state index in [4.69, 9.17) is 10.3 Å². The fourth-order valence-electron chi connectivity index (χ4n) is 2.87. The molecule has 4 N–H and O–H groups in total. The fraction of sp³-hybridized carbons (Fsp3) is 0.467. The Bertz CT molecular complexity index is 624. The molecule has 0 saturated heterocycles. The molecule has 3 rings (SSSR count). The minimum absolute atomic E-state index is 0.0666. The van der Waals surface area contributed by atoms with Crippen LogP contribution in [0.1, 0.15) is 18.4 Å². The van der Waals surface area contributed by atoms with Gasteiger partial charge in [0.25, 0.3) is 10.1 Å². The molecule has 1 fully saturated rings. The zero-order valence-electron chi connectivity index (χ0n) is 11.9. The highest BCUT2D eigenvalue weighted by Gasteiger charge is 2.45. The molecule has 0 amide bonds. The summed E-state index contributed by atoms with van der Waals surface area (Å²) in [5.41, 5.74) is 5.87. The molecule has 6 heteroatoms. The van der Waals surface area contributed by atoms with E-state index in [1.807, 2.05) is 6.92 Å². The zero-order chi connectivity index (χ0) is 15.7. The molecule has 1 saturated carbocycles. The van der Waals surface area contributed by atoms with Crippen LogP contribution in [0.3, 0.4) is 0 Å². The van der Waals surface area contributed by atoms with Crippen LogP contribution >= 0.6 is 0 Å². The number of aryl methyl sites for hydroxylation is 1. The van der Waals surface area contributed by atoms with Crippen LogP contribution in [0.25, 0.3) is 0 Å². The maximum Gasteiger partial charge on any atom is 0.294 e. The first-order chi connectivity index (χ1) is 9.74. The summed E-state index contributed by atoms with van der Waals surface area (Å²) in [4.78, 5) is -0.0666. The average Bonchev–Trinajstić information content (AvgIpc) is 2.99. The van der Waals surface area contributed by atoms with Crippen LogP contribution in [0.2, 0.25) is 0 Å². The standard InChI is InChI=1S/C8H13NO.C7H8O3S/c9-5-8(10)4-6-1-2-7(8)3-6;1-6-2-4-7(5-3-6)11(8,9)10/h1-2,6-7,10H,3-5,9H2;2-5H,1H3,(H,8,9,10)/t6-,7+,8?;/m0./s1. The molecule has 2 aliphatic rings. The van der Waals surface area contributed by atoms with Crippen LogP contribution in [0, 0.1) is 18.8 Å². The Kier molecular flexibility index (Phi) is 4.53. The van der Waals surface area contributed by atoms with E-state index in [0.29, 0.717) is 18.4 Å². The second-order valence-electron chi connectivity index (χ2n) is 5.79. The molecule has 1 aromatic rings. The Morgan fingerprint density at radius 1 is 1.29 bits per heavy atom. The molecule has 3 atom stereocenters. The highest BCUT2D eigenvalue weighted by atomic mass is 32.2. The third-order valence-corrected chi connectivity index (χ3v) is 5.02. The number of rotatable bonds is 2. The highest BCUT2D eigenvalue weighted by Crippen LogP contribution is 2.45. The second-order valence-corrected chi connectivity index (χ2v) is 7.21. The van der Waals surface area contributed by atoms with Gasteiger partial charge in [-0.25, -0.2) is 0 Å². The van der Waals surface area contributed by atoms with Crippen LogP contribution in [0.5, 0.6) is 0 Å². The molecular formula is C15H21NO4S. The van der Waals surface area contributed by atoms with Crippen molar-refractivity contribution in [3.63, 3.8) is 0 Å². The summed E-state index contributed by atoms with van der Waals surface area (Å²) in [5.74, 6) is 0.959. The van der Waals surface area contributed by atoms with Gasteiger partial charge in [0.15, 0.2) is 0 Å². The van der Waals surface area contributed by atoms with Crippen molar-refractivity contribution in [2.75, 3.05) is 6.54 Å². The van der Waals surface area contributed by atoms with E-state index in [0.717, 1.165) is 18.4 Å². The third-order valence-electron chi connectivity index (χ3n) is 4.15. The van der Waals surface area contributed by atoms with E-state index >= 15 is 0 Å². The van der Waals surface area contributed by atoms with E-state index in [1.165, 1.54) is 12.1 Å². The summed E-state index contributed by atoms with van der Waals surface area (Å²) in [7, 11) is -4.02. The van der Waals surface area contributed by atoms with Crippen molar-refractivity contribution in [3.05, 3.63) is 42.0 Å². The molecule has 0 spiro atoms. The molecule has 2 bridgehead atoms. The summed E-state index contributed by atoms with van der Waals surface area (Å²) in [6.07, 6.45) is 6.31. The van der Waals surface area contributed by atoms with E-state index in [-0.39, 0.29) is 4.90 Å². The smallest absolute Gasteiger partial charge is 0.294 e. The zero-order valence-corrected chi connectivity index (χ0v) is 12.8. The lowest BCUT2D eigenvalue weighted by molar-refractivity contribution is 0.0240. The van der Waals surface area contributed by atoms with Crippen LogP contribution in [0.4, 0.5) is 0 Å². The normalized spacial score (nSPS) is 30.1. The van der Waals surface area contributed by atoms with Crippen molar-refractivity contribution in [2.24, 2.45) is 17.6 Å². The number of hydrogen-bond donors (Lipinski definition) is 3. The molecule has 116 valence electrons. The van der Waals surface area contributed by atoms with Crippen molar-refractivity contribution in [3.8, 4) is 0 Å². The van der Waals surface area contributed by atoms with Crippen LogP contribution in [-0.4, -0.2) is 30.2 Å². The minimum atomic E-state index is -4.02. The molecule has 5 nitrogen and oxygen atoms in total. The first-order valence-corrected chi connectivity index (χ1v) is 8.33. The van der Waals surface area contributed by atoms with Crippen molar-refractivity contribution < 1.29 is 18.1 Å². The molecule has 1 unspecified atom stereocenters. The van der Waals surface area contributed by atoms with Crippen molar-refractivity contribution in [1.82, 2.24) is 0 Å². The SMILES string of the molecule is Cc1ccc(S(=O)(=O)O)cc1.NCC1(O)C[C@H]2C=C[C@@H]1C2. The highest BCUT2D eigenvalue weighted by molar-refractivity contribution is 7.85. The topological polar surface area (TPSA) is 101 Å². The fourth-order valence-corrected chi connectivity index (χ4v) is 3.35. The van der Waals surface area contributed by atoms with Gasteiger partial charge in [-0.15, -0.1) is 0 Å². The third kappa shape index (κ3) is 3.71. The number of fused-ring (bicyclic) bond motifs is 2. The van der Waals surface area contributed by atoms with Gasteiger partial charge in [-0.3, -0.25) is 4.55 Å². The molecule has 0 aromatic heterocycles. The van der Waals surface area contributed by atoms with E-state index < -0.39 is 15.7 Å². The van der Waals surface area contributed by atoms with Gasteiger partial charge in [0.2, 0.25) is 0 Å². The Labute approximate surface area is 125 Å². The molecule has 0 radical (unpaired) electrons. The quantitative estimate of drug-likeness (QED) is 0.568. The largest absolute Gasteiger partial charge is 0.388 e. The van der Waals surface area contributed by atoms with Crippen LogP contribution in [-0.2, 0) is 10.1 Å². The van der Waals surface area contributed by atoms with Gasteiger partial charge in [-0.2, -0.15) is 8.42 Å². The molecule has 0 aliphatic heterocycles. The Morgan fingerprint density at radius 2 is 1.90 bits per heavy atom. The van der Waals surface area contributed by atoms with E-state index in [9.17, 15) is 13.5 Å². The van der Waals surface area contributed by atoms with Crippen molar-refractivity contribution >= 4 is 10.1 Å². The summed E-state index contributed by atoms with van der Waals surface area (Å²) in [5, 5.41) is 9.81. The Hall–Kier alpha value is -1.21. The van der Waals surface area contributed by atoms with Gasteiger partial charge in [-0.05, 0) is 37.8 Å². The van der Waals surface area contributed by atoms with Crippen molar-refractivity contribution in [2.45, 2.75) is 30.3 Å². The van der Waals surface area contributed by atoms with Gasteiger partial charge in [-0.1, -0.05) is 29.8 Å². The summed E-state index contributed by atoms with van der Waals surface area (Å²) < 4.78 is 29.6. The Morgan fingerprint density at radius 3 is 2.24 bits per heavy atom.